The summed E-state index contributed by atoms with van der Waals surface area (Å²) >= 11 is 6.94. The normalized spacial score (nSPS) is 11.4. The van der Waals surface area contributed by atoms with Gasteiger partial charge in [0.25, 0.3) is 5.56 Å². The molecule has 6 heteroatoms. The molecule has 1 aromatic carbocycles. The topological polar surface area (TPSA) is 47.3 Å². The number of nitrogens with zero attached hydrogens (tertiary/aromatic N) is 3. The van der Waals surface area contributed by atoms with Gasteiger partial charge in [0, 0.05) is 6.07 Å². The van der Waals surface area contributed by atoms with Gasteiger partial charge in [0.1, 0.15) is 0 Å². The highest BCUT2D eigenvalue weighted by atomic mass is 35.5. The SMILES string of the molecule is O=c1cc(C=Cc2ccccc2)nc2sc(Cl)nn12. The van der Waals surface area contributed by atoms with Crippen LogP contribution >= 0.6 is 22.9 Å². The smallest absolute Gasteiger partial charge is 0.267 e. The maximum absolute atomic E-state index is 11.8. The molecule has 0 aliphatic rings. The molecule has 0 unspecified atom stereocenters. The molecule has 0 atom stereocenters. The van der Waals surface area contributed by atoms with Crippen LogP contribution in [-0.2, 0) is 0 Å². The molecule has 4 nitrogen and oxygen atoms in total. The molecular formula is C13H8ClN3OS. The lowest BCUT2D eigenvalue weighted by atomic mass is 10.2. The summed E-state index contributed by atoms with van der Waals surface area (Å²) < 4.78 is 1.50. The Labute approximate surface area is 117 Å². The first kappa shape index (κ1) is 12.1. The maximum Gasteiger partial charge on any atom is 0.275 e. The lowest BCUT2D eigenvalue weighted by Crippen LogP contribution is -2.14. The lowest BCUT2D eigenvalue weighted by Gasteiger charge is -1.94. The van der Waals surface area contributed by atoms with Crippen LogP contribution in [0.1, 0.15) is 11.3 Å². The van der Waals surface area contributed by atoms with E-state index >= 15 is 0 Å². The Morgan fingerprint density at radius 3 is 2.79 bits per heavy atom. The number of halogens is 1. The molecule has 2 aromatic heterocycles. The largest absolute Gasteiger partial charge is 0.275 e. The molecule has 0 spiro atoms. The summed E-state index contributed by atoms with van der Waals surface area (Å²) in [7, 11) is 0. The van der Waals surface area contributed by atoms with Gasteiger partial charge >= 0.3 is 0 Å². The Balaban J connectivity index is 2.02. The summed E-state index contributed by atoms with van der Waals surface area (Å²) in [5.74, 6) is 0. The van der Waals surface area contributed by atoms with Crippen molar-refractivity contribution in [2.24, 2.45) is 0 Å². The van der Waals surface area contributed by atoms with Gasteiger partial charge in [0.2, 0.25) is 9.43 Å². The van der Waals surface area contributed by atoms with Crippen LogP contribution in [0.15, 0.2) is 41.2 Å². The van der Waals surface area contributed by atoms with Gasteiger partial charge in [-0.05, 0) is 23.2 Å². The fraction of sp³-hybridized carbons (Fsp3) is 0. The zero-order valence-corrected chi connectivity index (χ0v) is 11.2. The molecule has 0 aliphatic carbocycles. The Hall–Kier alpha value is -1.98. The van der Waals surface area contributed by atoms with Gasteiger partial charge in [-0.15, -0.1) is 5.10 Å². The fourth-order valence-electron chi connectivity index (χ4n) is 1.64. The van der Waals surface area contributed by atoms with Gasteiger partial charge in [0.05, 0.1) is 5.69 Å². The van der Waals surface area contributed by atoms with E-state index in [2.05, 4.69) is 10.1 Å². The molecule has 2 heterocycles. The van der Waals surface area contributed by atoms with E-state index in [1.165, 1.54) is 21.9 Å². The van der Waals surface area contributed by atoms with Crippen molar-refractivity contribution in [1.82, 2.24) is 14.6 Å². The van der Waals surface area contributed by atoms with E-state index in [-0.39, 0.29) is 5.56 Å². The third kappa shape index (κ3) is 2.57. The Morgan fingerprint density at radius 2 is 2.00 bits per heavy atom. The van der Waals surface area contributed by atoms with E-state index in [9.17, 15) is 4.79 Å². The minimum absolute atomic E-state index is 0.235. The number of hydrogen-bond acceptors (Lipinski definition) is 4. The van der Waals surface area contributed by atoms with Crippen molar-refractivity contribution >= 4 is 40.1 Å². The molecule has 94 valence electrons. The third-order valence-electron chi connectivity index (χ3n) is 2.49. The first-order valence-electron chi connectivity index (χ1n) is 5.52. The van der Waals surface area contributed by atoms with Crippen LogP contribution < -0.4 is 5.56 Å². The van der Waals surface area contributed by atoms with Gasteiger partial charge in [-0.25, -0.2) is 4.98 Å². The van der Waals surface area contributed by atoms with Crippen molar-refractivity contribution in [2.75, 3.05) is 0 Å². The second kappa shape index (κ2) is 4.95. The van der Waals surface area contributed by atoms with Crippen LogP contribution in [0.4, 0.5) is 0 Å². The molecule has 3 aromatic rings. The molecule has 3 rings (SSSR count). The first-order valence-corrected chi connectivity index (χ1v) is 6.71. The van der Waals surface area contributed by atoms with Gasteiger partial charge in [0.15, 0.2) is 0 Å². The monoisotopic (exact) mass is 289 g/mol. The molecule has 0 bridgehead atoms. The van der Waals surface area contributed by atoms with Crippen molar-refractivity contribution in [2.45, 2.75) is 0 Å². The Morgan fingerprint density at radius 1 is 1.21 bits per heavy atom. The number of rotatable bonds is 2. The summed E-state index contributed by atoms with van der Waals surface area (Å²) in [5.41, 5.74) is 1.40. The average molecular weight is 290 g/mol. The van der Waals surface area contributed by atoms with E-state index in [1.54, 1.807) is 6.08 Å². The summed E-state index contributed by atoms with van der Waals surface area (Å²) in [6.07, 6.45) is 3.70. The van der Waals surface area contributed by atoms with Crippen LogP contribution in [0, 0.1) is 0 Å². The molecule has 0 aliphatic heterocycles. The predicted molar refractivity (Wildman–Crippen MR) is 77.5 cm³/mol. The Bertz CT molecular complexity index is 808. The second-order valence-corrected chi connectivity index (χ2v) is 5.35. The van der Waals surface area contributed by atoms with Crippen LogP contribution in [0.5, 0.6) is 0 Å². The van der Waals surface area contributed by atoms with Crippen molar-refractivity contribution in [3.63, 3.8) is 0 Å². The van der Waals surface area contributed by atoms with Gasteiger partial charge in [-0.3, -0.25) is 4.79 Å². The minimum Gasteiger partial charge on any atom is -0.267 e. The van der Waals surface area contributed by atoms with Crippen LogP contribution in [0.3, 0.4) is 0 Å². The van der Waals surface area contributed by atoms with Crippen molar-refractivity contribution < 1.29 is 0 Å². The minimum atomic E-state index is -0.235. The van der Waals surface area contributed by atoms with Crippen molar-refractivity contribution in [1.29, 1.82) is 0 Å². The highest BCUT2D eigenvalue weighted by Crippen LogP contribution is 2.16. The van der Waals surface area contributed by atoms with E-state index in [4.69, 9.17) is 11.6 Å². The molecule has 0 fully saturated rings. The number of aromatic nitrogens is 3. The molecule has 0 radical (unpaired) electrons. The highest BCUT2D eigenvalue weighted by molar-refractivity contribution is 7.20. The Kier molecular flexibility index (Phi) is 3.15. The molecule has 0 saturated carbocycles. The molecule has 0 N–H and O–H groups in total. The quantitative estimate of drug-likeness (QED) is 0.729. The lowest BCUT2D eigenvalue weighted by molar-refractivity contribution is 0.897. The number of hydrogen-bond donors (Lipinski definition) is 0. The zero-order chi connectivity index (χ0) is 13.2. The van der Waals surface area contributed by atoms with Gasteiger partial charge < -0.3 is 0 Å². The van der Waals surface area contributed by atoms with E-state index in [0.29, 0.717) is 15.1 Å². The summed E-state index contributed by atoms with van der Waals surface area (Å²) in [4.78, 5) is 16.6. The summed E-state index contributed by atoms with van der Waals surface area (Å²) in [6.45, 7) is 0. The summed E-state index contributed by atoms with van der Waals surface area (Å²) in [5, 5.41) is 3.87. The fourth-order valence-corrected chi connectivity index (χ4v) is 2.56. The van der Waals surface area contributed by atoms with E-state index < -0.39 is 0 Å². The number of benzene rings is 1. The number of fused-ring (bicyclic) bond motifs is 1. The molecular weight excluding hydrogens is 282 g/mol. The molecule has 0 saturated heterocycles. The van der Waals surface area contributed by atoms with Gasteiger partial charge in [-0.2, -0.15) is 4.52 Å². The first-order chi connectivity index (χ1) is 9.22. The van der Waals surface area contributed by atoms with Crippen LogP contribution in [0.2, 0.25) is 4.47 Å². The predicted octanol–water partition coefficient (Wildman–Crippen LogP) is 2.97. The average Bonchev–Trinajstić information content (AvgIpc) is 2.79. The van der Waals surface area contributed by atoms with Gasteiger partial charge in [-0.1, -0.05) is 47.7 Å². The highest BCUT2D eigenvalue weighted by Gasteiger charge is 2.05. The summed E-state index contributed by atoms with van der Waals surface area (Å²) in [6, 6.07) is 11.2. The standard InChI is InChI=1S/C13H8ClN3OS/c14-12-16-17-11(18)8-10(15-13(17)19-12)7-6-9-4-2-1-3-5-9/h1-8H. The molecule has 0 amide bonds. The van der Waals surface area contributed by atoms with Crippen molar-refractivity contribution in [3.05, 3.63) is 62.5 Å². The third-order valence-corrected chi connectivity index (χ3v) is 3.49. The molecule has 19 heavy (non-hydrogen) atoms. The van der Waals surface area contributed by atoms with Crippen molar-refractivity contribution in [3.8, 4) is 0 Å². The zero-order valence-electron chi connectivity index (χ0n) is 9.65. The van der Waals surface area contributed by atoms with E-state index in [0.717, 1.165) is 5.56 Å². The van der Waals surface area contributed by atoms with Crippen LogP contribution in [0.25, 0.3) is 17.1 Å². The maximum atomic E-state index is 11.8. The van der Waals surface area contributed by atoms with Crippen LogP contribution in [-0.4, -0.2) is 14.6 Å². The second-order valence-electron chi connectivity index (χ2n) is 3.81. The van der Waals surface area contributed by atoms with E-state index in [1.807, 2.05) is 36.4 Å².